The summed E-state index contributed by atoms with van der Waals surface area (Å²) in [6.07, 6.45) is 0.892. The van der Waals surface area contributed by atoms with E-state index >= 15 is 0 Å². The van der Waals surface area contributed by atoms with Crippen molar-refractivity contribution < 1.29 is 22.5 Å². The van der Waals surface area contributed by atoms with Gasteiger partial charge < -0.3 is 0 Å². The zero-order chi connectivity index (χ0) is 20.9. The first-order valence-electron chi connectivity index (χ1n) is 7.89. The third kappa shape index (κ3) is 5.58. The predicted molar refractivity (Wildman–Crippen MR) is 102 cm³/mol. The molecule has 0 radical (unpaired) electrons. The summed E-state index contributed by atoms with van der Waals surface area (Å²) in [6, 6.07) is 10.5. The number of carbonyl (C=O) groups excluding carboxylic acids is 1. The molecule has 0 unspecified atom stereocenters. The van der Waals surface area contributed by atoms with Crippen LogP contribution in [0.15, 0.2) is 53.6 Å². The molecule has 0 saturated heterocycles. The summed E-state index contributed by atoms with van der Waals surface area (Å²) in [4.78, 5) is 22.4. The molecule has 0 aromatic heterocycles. The van der Waals surface area contributed by atoms with E-state index in [0.717, 1.165) is 22.7 Å². The van der Waals surface area contributed by atoms with Crippen LogP contribution >= 0.6 is 0 Å². The molecular formula is C17H17FN4O5S. The lowest BCUT2D eigenvalue weighted by Gasteiger charge is -2.21. The number of carbonyl (C=O) groups is 1. The molecule has 148 valence electrons. The number of nitro benzene ring substituents is 1. The summed E-state index contributed by atoms with van der Waals surface area (Å²) in [6.45, 7) is 0.911. The normalized spacial score (nSPS) is 11.8. The molecule has 1 N–H and O–H groups in total. The lowest BCUT2D eigenvalue weighted by Crippen LogP contribution is -2.39. The van der Waals surface area contributed by atoms with E-state index in [2.05, 4.69) is 10.5 Å². The molecule has 11 heteroatoms. The number of rotatable bonds is 7. The number of benzene rings is 2. The van der Waals surface area contributed by atoms with E-state index in [9.17, 15) is 27.7 Å². The summed E-state index contributed by atoms with van der Waals surface area (Å²) in [5, 5.41) is 14.7. The zero-order valence-corrected chi connectivity index (χ0v) is 15.8. The number of halogens is 1. The van der Waals surface area contributed by atoms with Crippen LogP contribution < -0.4 is 9.73 Å². The minimum Gasteiger partial charge on any atom is -0.271 e. The van der Waals surface area contributed by atoms with Crippen molar-refractivity contribution in [2.45, 2.75) is 6.92 Å². The van der Waals surface area contributed by atoms with Crippen molar-refractivity contribution in [3.63, 3.8) is 0 Å². The van der Waals surface area contributed by atoms with E-state index in [1.54, 1.807) is 6.07 Å². The Morgan fingerprint density at radius 3 is 2.54 bits per heavy atom. The standard InChI is InChI=1S/C17H17FN4O5S/c1-12(13-5-3-8-16(9-13)22(24)25)19-20-17(23)11-21(28(2,26)27)15-7-4-6-14(18)10-15/h3-10H,11H2,1-2H3,(H,20,23)/b19-12-. The van der Waals surface area contributed by atoms with Gasteiger partial charge >= 0.3 is 0 Å². The Labute approximate surface area is 160 Å². The van der Waals surface area contributed by atoms with Crippen molar-refractivity contribution in [1.29, 1.82) is 0 Å². The molecular weight excluding hydrogens is 391 g/mol. The highest BCUT2D eigenvalue weighted by molar-refractivity contribution is 7.92. The quantitative estimate of drug-likeness (QED) is 0.427. The number of nitro groups is 1. The largest absolute Gasteiger partial charge is 0.271 e. The van der Waals surface area contributed by atoms with Gasteiger partial charge in [-0.1, -0.05) is 18.2 Å². The lowest BCUT2D eigenvalue weighted by molar-refractivity contribution is -0.384. The number of non-ortho nitro benzene ring substituents is 1. The van der Waals surface area contributed by atoms with Gasteiger partial charge in [-0.3, -0.25) is 19.2 Å². The van der Waals surface area contributed by atoms with Gasteiger partial charge in [0.25, 0.3) is 11.6 Å². The number of hydrogen-bond acceptors (Lipinski definition) is 6. The Morgan fingerprint density at radius 1 is 1.25 bits per heavy atom. The van der Waals surface area contributed by atoms with E-state index in [4.69, 9.17) is 0 Å². The van der Waals surface area contributed by atoms with Gasteiger partial charge in [0.2, 0.25) is 10.0 Å². The second kappa shape index (κ2) is 8.57. The maximum Gasteiger partial charge on any atom is 0.270 e. The van der Waals surface area contributed by atoms with Gasteiger partial charge in [0.05, 0.1) is 22.6 Å². The van der Waals surface area contributed by atoms with E-state index < -0.39 is 33.2 Å². The number of hydrazone groups is 1. The van der Waals surface area contributed by atoms with Crippen molar-refractivity contribution >= 4 is 33.0 Å². The smallest absolute Gasteiger partial charge is 0.270 e. The van der Waals surface area contributed by atoms with E-state index in [1.165, 1.54) is 37.3 Å². The molecule has 0 bridgehead atoms. The molecule has 0 atom stereocenters. The highest BCUT2D eigenvalue weighted by atomic mass is 32.2. The summed E-state index contributed by atoms with van der Waals surface area (Å²) in [7, 11) is -3.85. The first-order valence-corrected chi connectivity index (χ1v) is 9.74. The van der Waals surface area contributed by atoms with E-state index in [1.807, 2.05) is 0 Å². The molecule has 0 fully saturated rings. The Bertz CT molecular complexity index is 1040. The maximum absolute atomic E-state index is 13.4. The van der Waals surface area contributed by atoms with Gasteiger partial charge in [-0.15, -0.1) is 0 Å². The van der Waals surface area contributed by atoms with Crippen molar-refractivity contribution in [3.8, 4) is 0 Å². The topological polar surface area (TPSA) is 122 Å². The van der Waals surface area contributed by atoms with Gasteiger partial charge in [-0.05, 0) is 25.1 Å². The van der Waals surface area contributed by atoms with Crippen molar-refractivity contribution in [2.24, 2.45) is 5.10 Å². The number of anilines is 1. The van der Waals surface area contributed by atoms with Gasteiger partial charge in [-0.25, -0.2) is 18.2 Å². The molecule has 1 amide bonds. The van der Waals surface area contributed by atoms with Crippen LogP contribution in [-0.4, -0.2) is 37.8 Å². The molecule has 0 spiro atoms. The zero-order valence-electron chi connectivity index (χ0n) is 15.0. The van der Waals surface area contributed by atoms with Crippen LogP contribution in [0.25, 0.3) is 0 Å². The van der Waals surface area contributed by atoms with E-state index in [-0.39, 0.29) is 17.1 Å². The number of nitrogens with zero attached hydrogens (tertiary/aromatic N) is 3. The summed E-state index contributed by atoms with van der Waals surface area (Å²) in [5.74, 6) is -1.41. The molecule has 2 aromatic carbocycles. The number of nitrogens with one attached hydrogen (secondary N) is 1. The summed E-state index contributed by atoms with van der Waals surface area (Å²) >= 11 is 0. The fourth-order valence-electron chi connectivity index (χ4n) is 2.25. The van der Waals surface area contributed by atoms with Crippen LogP contribution in [0.1, 0.15) is 12.5 Å². The van der Waals surface area contributed by atoms with Crippen molar-refractivity contribution in [1.82, 2.24) is 5.43 Å². The average molecular weight is 408 g/mol. The van der Waals surface area contributed by atoms with Crippen LogP contribution in [0, 0.1) is 15.9 Å². The fraction of sp³-hybridized carbons (Fsp3) is 0.176. The third-order valence-corrected chi connectivity index (χ3v) is 4.75. The number of amides is 1. The fourth-order valence-corrected chi connectivity index (χ4v) is 3.10. The molecule has 0 aliphatic rings. The maximum atomic E-state index is 13.4. The van der Waals surface area contributed by atoms with Crippen LogP contribution in [0.5, 0.6) is 0 Å². The Balaban J connectivity index is 2.16. The SMILES string of the molecule is C/C(=N/NC(=O)CN(c1cccc(F)c1)S(C)(=O)=O)c1cccc([N+](=O)[O-])c1. The minimum absolute atomic E-state index is 0.00274. The Hall–Kier alpha value is -3.34. The average Bonchev–Trinajstić information content (AvgIpc) is 2.63. The first kappa shape index (κ1) is 21.0. The molecule has 2 aromatic rings. The van der Waals surface area contributed by atoms with Crippen LogP contribution in [-0.2, 0) is 14.8 Å². The highest BCUT2D eigenvalue weighted by Crippen LogP contribution is 2.18. The summed E-state index contributed by atoms with van der Waals surface area (Å²) in [5.41, 5.74) is 2.76. The summed E-state index contributed by atoms with van der Waals surface area (Å²) < 4.78 is 38.1. The second-order valence-electron chi connectivity index (χ2n) is 5.79. The first-order chi connectivity index (χ1) is 13.1. The van der Waals surface area contributed by atoms with Gasteiger partial charge in [0.1, 0.15) is 12.4 Å². The van der Waals surface area contributed by atoms with Crippen molar-refractivity contribution in [2.75, 3.05) is 17.1 Å². The molecule has 9 nitrogen and oxygen atoms in total. The monoisotopic (exact) mass is 408 g/mol. The van der Waals surface area contributed by atoms with Crippen LogP contribution in [0.4, 0.5) is 15.8 Å². The minimum atomic E-state index is -3.85. The molecule has 0 saturated carbocycles. The third-order valence-electron chi connectivity index (χ3n) is 3.61. The molecule has 2 rings (SSSR count). The van der Waals surface area contributed by atoms with Crippen LogP contribution in [0.3, 0.4) is 0 Å². The second-order valence-corrected chi connectivity index (χ2v) is 7.70. The Morgan fingerprint density at radius 2 is 1.93 bits per heavy atom. The van der Waals surface area contributed by atoms with Gasteiger partial charge in [0.15, 0.2) is 0 Å². The number of hydrogen-bond donors (Lipinski definition) is 1. The van der Waals surface area contributed by atoms with E-state index in [0.29, 0.717) is 5.56 Å². The predicted octanol–water partition coefficient (Wildman–Crippen LogP) is 2.04. The highest BCUT2D eigenvalue weighted by Gasteiger charge is 2.21. The van der Waals surface area contributed by atoms with Gasteiger partial charge in [-0.2, -0.15) is 5.10 Å². The van der Waals surface area contributed by atoms with Crippen molar-refractivity contribution in [3.05, 3.63) is 70.0 Å². The molecule has 0 aliphatic carbocycles. The Kier molecular flexibility index (Phi) is 6.41. The molecule has 0 aliphatic heterocycles. The molecule has 0 heterocycles. The number of sulfonamides is 1. The van der Waals surface area contributed by atoms with Gasteiger partial charge in [0, 0.05) is 17.7 Å². The molecule has 28 heavy (non-hydrogen) atoms. The lowest BCUT2D eigenvalue weighted by atomic mass is 10.1. The van der Waals surface area contributed by atoms with Crippen LogP contribution in [0.2, 0.25) is 0 Å².